The van der Waals surface area contributed by atoms with Crippen LogP contribution in [0.3, 0.4) is 0 Å². The van der Waals surface area contributed by atoms with Gasteiger partial charge in [0.05, 0.1) is 5.56 Å². The summed E-state index contributed by atoms with van der Waals surface area (Å²) in [7, 11) is 0. The van der Waals surface area contributed by atoms with Gasteiger partial charge < -0.3 is 16.0 Å². The molecule has 124 valence electrons. The van der Waals surface area contributed by atoms with Crippen molar-refractivity contribution in [1.29, 1.82) is 0 Å². The Hall–Kier alpha value is -1.95. The minimum absolute atomic E-state index is 0.0114. The van der Waals surface area contributed by atoms with Crippen LogP contribution in [-0.4, -0.2) is 30.4 Å². The van der Waals surface area contributed by atoms with Crippen molar-refractivity contribution in [3.05, 3.63) is 29.6 Å². The lowest BCUT2D eigenvalue weighted by Crippen LogP contribution is -2.49. The Kier molecular flexibility index (Phi) is 4.61. The van der Waals surface area contributed by atoms with Gasteiger partial charge in [0.15, 0.2) is 0 Å². The topological polar surface area (TPSA) is 75.4 Å². The predicted octanol–water partition coefficient (Wildman–Crippen LogP) is 1.95. The largest absolute Gasteiger partial charge is 0.348 e. The van der Waals surface area contributed by atoms with Crippen molar-refractivity contribution in [3.8, 4) is 0 Å². The number of benzene rings is 1. The van der Waals surface area contributed by atoms with Crippen molar-refractivity contribution in [2.24, 2.45) is 5.73 Å². The Labute approximate surface area is 135 Å². The van der Waals surface area contributed by atoms with Gasteiger partial charge in [-0.3, -0.25) is 9.59 Å². The zero-order chi connectivity index (χ0) is 16.4. The van der Waals surface area contributed by atoms with Gasteiger partial charge in [0.2, 0.25) is 5.91 Å². The van der Waals surface area contributed by atoms with Gasteiger partial charge >= 0.3 is 0 Å². The summed E-state index contributed by atoms with van der Waals surface area (Å²) < 4.78 is 14.1. The second-order valence-electron chi connectivity index (χ2n) is 6.34. The highest BCUT2D eigenvalue weighted by Gasteiger charge is 2.26. The van der Waals surface area contributed by atoms with Gasteiger partial charge in [-0.2, -0.15) is 0 Å². The SMILES string of the molecule is N[C@@H]1CCCC[C@H]1NC(=O)c1cc(N2CCCC2=O)ccc1F. The van der Waals surface area contributed by atoms with Crippen LogP contribution in [-0.2, 0) is 4.79 Å². The van der Waals surface area contributed by atoms with Gasteiger partial charge in [-0.05, 0) is 37.5 Å². The summed E-state index contributed by atoms with van der Waals surface area (Å²) in [6, 6.07) is 4.05. The van der Waals surface area contributed by atoms with E-state index in [1.54, 1.807) is 11.0 Å². The fourth-order valence-corrected chi connectivity index (χ4v) is 3.36. The quantitative estimate of drug-likeness (QED) is 0.894. The molecule has 0 aromatic heterocycles. The highest BCUT2D eigenvalue weighted by Crippen LogP contribution is 2.24. The molecular formula is C17H22FN3O2. The number of anilines is 1. The van der Waals surface area contributed by atoms with E-state index in [1.807, 2.05) is 0 Å². The highest BCUT2D eigenvalue weighted by molar-refractivity contribution is 5.99. The Morgan fingerprint density at radius 2 is 2.04 bits per heavy atom. The van der Waals surface area contributed by atoms with Crippen LogP contribution in [0.25, 0.3) is 0 Å². The Morgan fingerprint density at radius 3 is 2.74 bits per heavy atom. The molecule has 3 rings (SSSR count). The second-order valence-corrected chi connectivity index (χ2v) is 6.34. The van der Waals surface area contributed by atoms with E-state index in [4.69, 9.17) is 5.73 Å². The van der Waals surface area contributed by atoms with Crippen molar-refractivity contribution in [1.82, 2.24) is 5.32 Å². The minimum atomic E-state index is -0.581. The Morgan fingerprint density at radius 1 is 1.26 bits per heavy atom. The number of hydrogen-bond donors (Lipinski definition) is 2. The molecule has 3 N–H and O–H groups in total. The molecule has 5 nitrogen and oxygen atoms in total. The Balaban J connectivity index is 1.78. The maximum Gasteiger partial charge on any atom is 0.254 e. The highest BCUT2D eigenvalue weighted by atomic mass is 19.1. The molecule has 1 aromatic carbocycles. The summed E-state index contributed by atoms with van der Waals surface area (Å²) in [5.74, 6) is -1.03. The average molecular weight is 319 g/mol. The smallest absolute Gasteiger partial charge is 0.254 e. The van der Waals surface area contributed by atoms with E-state index >= 15 is 0 Å². The number of halogens is 1. The normalized spacial score (nSPS) is 24.8. The first-order chi connectivity index (χ1) is 11.1. The molecule has 23 heavy (non-hydrogen) atoms. The van der Waals surface area contributed by atoms with E-state index in [9.17, 15) is 14.0 Å². The van der Waals surface area contributed by atoms with Crippen LogP contribution < -0.4 is 16.0 Å². The molecule has 0 radical (unpaired) electrons. The first-order valence-corrected chi connectivity index (χ1v) is 8.22. The third-order valence-corrected chi connectivity index (χ3v) is 4.72. The first kappa shape index (κ1) is 15.9. The molecule has 2 fully saturated rings. The Bertz CT molecular complexity index is 620. The van der Waals surface area contributed by atoms with E-state index in [-0.39, 0.29) is 23.6 Å². The predicted molar refractivity (Wildman–Crippen MR) is 85.7 cm³/mol. The van der Waals surface area contributed by atoms with Crippen LogP contribution in [0.4, 0.5) is 10.1 Å². The van der Waals surface area contributed by atoms with Crippen molar-refractivity contribution in [2.45, 2.75) is 50.6 Å². The zero-order valence-electron chi connectivity index (χ0n) is 13.1. The number of rotatable bonds is 3. The van der Waals surface area contributed by atoms with Crippen LogP contribution in [0.15, 0.2) is 18.2 Å². The molecule has 2 aliphatic rings. The molecule has 1 aliphatic heterocycles. The number of nitrogens with two attached hydrogens (primary N) is 1. The lowest BCUT2D eigenvalue weighted by Gasteiger charge is -2.29. The molecule has 1 saturated carbocycles. The molecule has 2 atom stereocenters. The molecule has 0 spiro atoms. The summed E-state index contributed by atoms with van der Waals surface area (Å²) in [5.41, 5.74) is 6.58. The van der Waals surface area contributed by atoms with Gasteiger partial charge in [-0.1, -0.05) is 12.8 Å². The maximum absolute atomic E-state index is 14.1. The summed E-state index contributed by atoms with van der Waals surface area (Å²) in [6.45, 7) is 0.610. The van der Waals surface area contributed by atoms with Crippen molar-refractivity contribution < 1.29 is 14.0 Å². The molecule has 0 bridgehead atoms. The van der Waals surface area contributed by atoms with E-state index in [0.29, 0.717) is 18.7 Å². The standard InChI is InChI=1S/C17H22FN3O2/c18-13-8-7-11(21-9-3-6-16(21)22)10-12(13)17(23)20-15-5-2-1-4-14(15)19/h7-8,10,14-15H,1-6,9,19H2,(H,20,23)/t14-,15-/m1/s1. The van der Waals surface area contributed by atoms with Crippen molar-refractivity contribution in [2.75, 3.05) is 11.4 Å². The van der Waals surface area contributed by atoms with Crippen LogP contribution in [0.5, 0.6) is 0 Å². The lowest BCUT2D eigenvalue weighted by molar-refractivity contribution is -0.117. The summed E-state index contributed by atoms with van der Waals surface area (Å²) in [6.07, 6.45) is 5.05. The third-order valence-electron chi connectivity index (χ3n) is 4.72. The van der Waals surface area contributed by atoms with Crippen molar-refractivity contribution >= 4 is 17.5 Å². The van der Waals surface area contributed by atoms with Gasteiger partial charge in [-0.25, -0.2) is 4.39 Å². The zero-order valence-corrected chi connectivity index (χ0v) is 13.1. The molecule has 0 unspecified atom stereocenters. The van der Waals surface area contributed by atoms with Gasteiger partial charge in [-0.15, -0.1) is 0 Å². The molecule has 1 saturated heterocycles. The summed E-state index contributed by atoms with van der Waals surface area (Å²) in [4.78, 5) is 25.8. The van der Waals surface area contributed by atoms with Gasteiger partial charge in [0.1, 0.15) is 5.82 Å². The fraction of sp³-hybridized carbons (Fsp3) is 0.529. The van der Waals surface area contributed by atoms with Gasteiger partial charge in [0.25, 0.3) is 5.91 Å². The van der Waals surface area contributed by atoms with Gasteiger partial charge in [0, 0.05) is 30.7 Å². The average Bonchev–Trinajstić information content (AvgIpc) is 2.96. The molecule has 2 amide bonds. The molecule has 1 heterocycles. The number of carbonyl (C=O) groups is 2. The lowest BCUT2D eigenvalue weighted by atomic mass is 9.91. The van der Waals surface area contributed by atoms with E-state index in [0.717, 1.165) is 32.1 Å². The van der Waals surface area contributed by atoms with E-state index < -0.39 is 11.7 Å². The number of nitrogens with zero attached hydrogens (tertiary/aromatic N) is 1. The molecule has 1 aliphatic carbocycles. The fourth-order valence-electron chi connectivity index (χ4n) is 3.36. The molecule has 1 aromatic rings. The van der Waals surface area contributed by atoms with E-state index in [2.05, 4.69) is 5.32 Å². The van der Waals surface area contributed by atoms with Crippen LogP contribution in [0.2, 0.25) is 0 Å². The van der Waals surface area contributed by atoms with E-state index in [1.165, 1.54) is 12.1 Å². The minimum Gasteiger partial charge on any atom is -0.348 e. The third kappa shape index (κ3) is 3.37. The number of carbonyl (C=O) groups excluding carboxylic acids is 2. The molecule has 6 heteroatoms. The number of hydrogen-bond acceptors (Lipinski definition) is 3. The van der Waals surface area contributed by atoms with Crippen LogP contribution in [0.1, 0.15) is 48.9 Å². The molecular weight excluding hydrogens is 297 g/mol. The summed E-state index contributed by atoms with van der Waals surface area (Å²) in [5, 5.41) is 2.85. The summed E-state index contributed by atoms with van der Waals surface area (Å²) >= 11 is 0. The van der Waals surface area contributed by atoms with Crippen LogP contribution in [0, 0.1) is 5.82 Å². The first-order valence-electron chi connectivity index (χ1n) is 8.22. The monoisotopic (exact) mass is 319 g/mol. The maximum atomic E-state index is 14.1. The number of nitrogens with one attached hydrogen (secondary N) is 1. The van der Waals surface area contributed by atoms with Crippen LogP contribution >= 0.6 is 0 Å². The second kappa shape index (κ2) is 6.66. The van der Waals surface area contributed by atoms with Crippen molar-refractivity contribution in [3.63, 3.8) is 0 Å². The number of amides is 2.